The summed E-state index contributed by atoms with van der Waals surface area (Å²) in [5.41, 5.74) is 6.33. The van der Waals surface area contributed by atoms with Gasteiger partial charge in [-0.3, -0.25) is 0 Å². The zero-order chi connectivity index (χ0) is 11.4. The first-order valence-electron chi connectivity index (χ1n) is 4.05. The molecule has 3 heteroatoms. The molecule has 0 heterocycles. The highest BCUT2D eigenvalue weighted by molar-refractivity contribution is 5.23. The lowest BCUT2D eigenvalue weighted by atomic mass is 10.2. The first kappa shape index (κ1) is 14.6. The Morgan fingerprint density at radius 1 is 1.64 bits per heavy atom. The minimum Gasteiger partial charge on any atom is -0.386 e. The van der Waals surface area contributed by atoms with Crippen LogP contribution in [0.3, 0.4) is 0 Å². The molecule has 0 bridgehead atoms. The van der Waals surface area contributed by atoms with Crippen LogP contribution in [0.5, 0.6) is 0 Å². The lowest BCUT2D eigenvalue weighted by Crippen LogP contribution is -2.20. The lowest BCUT2D eigenvalue weighted by molar-refractivity contribution is 0.873. The normalized spacial score (nSPS) is 8.71. The second-order valence-electron chi connectivity index (χ2n) is 2.28. The third-order valence-electron chi connectivity index (χ3n) is 1.11. The van der Waals surface area contributed by atoms with Gasteiger partial charge in [-0.2, -0.15) is 5.26 Å². The highest BCUT2D eigenvalue weighted by Crippen LogP contribution is 1.93. The lowest BCUT2D eigenvalue weighted by Gasteiger charge is -2.04. The highest BCUT2D eigenvalue weighted by atomic mass is 15.0. The van der Waals surface area contributed by atoms with Gasteiger partial charge in [-0.1, -0.05) is 38.0 Å². The molecule has 80 valence electrons. The number of hydrogen-bond donors (Lipinski definition) is 2. The zero-order valence-electron chi connectivity index (χ0n) is 8.59. The molecule has 0 spiro atoms. The van der Waals surface area contributed by atoms with Gasteiger partial charge in [-0.25, -0.2) is 0 Å². The quantitative estimate of drug-likeness (QED) is 0.662. The molecule has 0 unspecified atom stereocenters. The van der Waals surface area contributed by atoms with Gasteiger partial charge in [0.2, 0.25) is 0 Å². The molecular weight excluding hydrogens is 174 g/mol. The van der Waals surface area contributed by atoms with E-state index in [9.17, 15) is 0 Å². The van der Waals surface area contributed by atoms with E-state index in [-0.39, 0.29) is 2.85 Å². The Morgan fingerprint density at radius 3 is 2.43 bits per heavy atom. The van der Waals surface area contributed by atoms with Crippen LogP contribution in [0.4, 0.5) is 0 Å². The van der Waals surface area contributed by atoms with Crippen LogP contribution in [0.25, 0.3) is 0 Å². The van der Waals surface area contributed by atoms with Gasteiger partial charge in [0.15, 0.2) is 0 Å². The summed E-state index contributed by atoms with van der Waals surface area (Å²) in [5, 5.41) is 10.2. The minimum absolute atomic E-state index is 0. The minimum atomic E-state index is 0. The van der Waals surface area contributed by atoms with Crippen molar-refractivity contribution < 1.29 is 2.85 Å². The van der Waals surface area contributed by atoms with Crippen LogP contribution >= 0.6 is 0 Å². The molecule has 0 fully saturated rings. The van der Waals surface area contributed by atoms with E-state index in [2.05, 4.69) is 25.1 Å². The predicted octanol–water partition coefficient (Wildman–Crippen LogP) is 2.33. The summed E-state index contributed by atoms with van der Waals surface area (Å²) in [5.74, 6) is 0.460. The topological polar surface area (TPSA) is 61.8 Å². The summed E-state index contributed by atoms with van der Waals surface area (Å²) < 4.78 is 0. The average Bonchev–Trinajstić information content (AvgIpc) is 2.13. The van der Waals surface area contributed by atoms with Crippen molar-refractivity contribution in [1.82, 2.24) is 5.32 Å². The van der Waals surface area contributed by atoms with Gasteiger partial charge >= 0.3 is 0 Å². The van der Waals surface area contributed by atoms with E-state index in [0.717, 1.165) is 5.57 Å². The van der Waals surface area contributed by atoms with Crippen LogP contribution in [-0.2, 0) is 0 Å². The summed E-state index contributed by atoms with van der Waals surface area (Å²) in [4.78, 5) is 0. The molecule has 0 aliphatic heterocycles. The zero-order valence-corrected chi connectivity index (χ0v) is 8.59. The van der Waals surface area contributed by atoms with Crippen LogP contribution in [-0.4, -0.2) is 6.54 Å². The molecule has 0 aromatic rings. The van der Waals surface area contributed by atoms with E-state index in [1.165, 1.54) is 6.92 Å². The highest BCUT2D eigenvalue weighted by Gasteiger charge is 1.88. The number of rotatable bonds is 5. The Morgan fingerprint density at radius 2 is 2.14 bits per heavy atom. The largest absolute Gasteiger partial charge is 0.386 e. The standard InChI is InChI=1S/C9H14N2.C2H3N.2H2/c1-4-6-9(5-2)7-11-8(3)10;1-2-3;;/h4-6,11H,1-3,7,10H2;1H3;2*1H/b9-6+;;;. The van der Waals surface area contributed by atoms with Crippen LogP contribution < -0.4 is 11.1 Å². The molecule has 0 aromatic carbocycles. The SMILES string of the molecule is C=C/C=C(\C=C)CNC(=C)N.CC#N.[HH].[HH]. The fourth-order valence-electron chi connectivity index (χ4n) is 0.566. The molecule has 0 amide bonds. The van der Waals surface area contributed by atoms with Crippen LogP contribution in [0.1, 0.15) is 9.78 Å². The first-order chi connectivity index (χ1) is 6.62. The summed E-state index contributed by atoms with van der Waals surface area (Å²) in [7, 11) is 0. The maximum atomic E-state index is 7.32. The second-order valence-corrected chi connectivity index (χ2v) is 2.28. The molecule has 0 saturated carbocycles. The summed E-state index contributed by atoms with van der Waals surface area (Å²) in [6.45, 7) is 12.8. The average molecular weight is 195 g/mol. The third kappa shape index (κ3) is 12.7. The van der Waals surface area contributed by atoms with Crippen molar-refractivity contribution in [2.45, 2.75) is 6.92 Å². The van der Waals surface area contributed by atoms with E-state index in [1.807, 2.05) is 6.08 Å². The Hall–Kier alpha value is -1.95. The number of hydrogen-bond acceptors (Lipinski definition) is 3. The molecule has 0 aliphatic rings. The van der Waals surface area contributed by atoms with Gasteiger partial charge in [-0.05, 0) is 5.57 Å². The molecule has 3 N–H and O–H groups in total. The van der Waals surface area contributed by atoms with Gasteiger partial charge in [0.25, 0.3) is 0 Å². The van der Waals surface area contributed by atoms with Crippen molar-refractivity contribution in [3.8, 4) is 6.07 Å². The molecule has 0 rings (SSSR count). The molecule has 0 aliphatic carbocycles. The third-order valence-corrected chi connectivity index (χ3v) is 1.11. The maximum Gasteiger partial charge on any atom is 0.0888 e. The van der Waals surface area contributed by atoms with Crippen molar-refractivity contribution in [2.24, 2.45) is 5.73 Å². The van der Waals surface area contributed by atoms with Gasteiger partial charge in [0, 0.05) is 16.3 Å². The molecule has 0 atom stereocenters. The van der Waals surface area contributed by atoms with E-state index >= 15 is 0 Å². The summed E-state index contributed by atoms with van der Waals surface area (Å²) >= 11 is 0. The van der Waals surface area contributed by atoms with E-state index in [1.54, 1.807) is 18.2 Å². The van der Waals surface area contributed by atoms with E-state index < -0.39 is 0 Å². The number of nitrogens with one attached hydrogen (secondary N) is 1. The number of nitrogens with zero attached hydrogens (tertiary/aromatic N) is 1. The van der Waals surface area contributed by atoms with Crippen LogP contribution in [0.2, 0.25) is 0 Å². The molecular formula is C11H21N3. The Labute approximate surface area is 88.9 Å². The maximum absolute atomic E-state index is 7.32. The molecule has 3 nitrogen and oxygen atoms in total. The monoisotopic (exact) mass is 195 g/mol. The summed E-state index contributed by atoms with van der Waals surface area (Å²) in [6, 6.07) is 1.75. The van der Waals surface area contributed by atoms with E-state index in [0.29, 0.717) is 12.4 Å². The number of allylic oxidation sites excluding steroid dienone is 2. The van der Waals surface area contributed by atoms with Crippen molar-refractivity contribution in [3.05, 3.63) is 49.4 Å². The molecule has 0 saturated heterocycles. The summed E-state index contributed by atoms with van der Waals surface area (Å²) in [6.07, 6.45) is 5.32. The predicted molar refractivity (Wildman–Crippen MR) is 65.3 cm³/mol. The smallest absolute Gasteiger partial charge is 0.0888 e. The second kappa shape index (κ2) is 11.1. The fourth-order valence-corrected chi connectivity index (χ4v) is 0.566. The van der Waals surface area contributed by atoms with Crippen molar-refractivity contribution in [2.75, 3.05) is 6.54 Å². The van der Waals surface area contributed by atoms with Crippen molar-refractivity contribution in [1.29, 1.82) is 5.26 Å². The molecule has 0 radical (unpaired) electrons. The van der Waals surface area contributed by atoms with Crippen molar-refractivity contribution >= 4 is 0 Å². The number of nitrogens with two attached hydrogens (primary N) is 1. The fraction of sp³-hybridized carbons (Fsp3) is 0.182. The molecule has 0 aromatic heterocycles. The first-order valence-corrected chi connectivity index (χ1v) is 4.05. The van der Waals surface area contributed by atoms with Crippen LogP contribution in [0.15, 0.2) is 49.4 Å². The Balaban J connectivity index is -0.000000129. The van der Waals surface area contributed by atoms with Crippen LogP contribution in [0, 0.1) is 11.3 Å². The Kier molecular flexibility index (Phi) is 11.5. The van der Waals surface area contributed by atoms with Gasteiger partial charge in [0.1, 0.15) is 0 Å². The van der Waals surface area contributed by atoms with Gasteiger partial charge in [-0.15, -0.1) is 0 Å². The van der Waals surface area contributed by atoms with Gasteiger partial charge in [0.05, 0.1) is 11.9 Å². The van der Waals surface area contributed by atoms with Gasteiger partial charge < -0.3 is 11.1 Å². The molecule has 14 heavy (non-hydrogen) atoms. The van der Waals surface area contributed by atoms with Crippen molar-refractivity contribution in [3.63, 3.8) is 0 Å². The number of nitriles is 1. The Bertz CT molecular complexity index is 265. The van der Waals surface area contributed by atoms with E-state index in [4.69, 9.17) is 11.0 Å².